The molecular formula is C21H22FN5O2. The lowest BCUT2D eigenvalue weighted by Gasteiger charge is -2.38. The van der Waals surface area contributed by atoms with Crippen LogP contribution in [0.4, 0.5) is 4.39 Å². The first kappa shape index (κ1) is 18.1. The van der Waals surface area contributed by atoms with E-state index in [1.54, 1.807) is 47.6 Å². The predicted molar refractivity (Wildman–Crippen MR) is 105 cm³/mol. The molecule has 5 rings (SSSR count). The monoisotopic (exact) mass is 395 g/mol. The summed E-state index contributed by atoms with van der Waals surface area (Å²) in [6.07, 6.45) is 6.16. The molecule has 3 aromatic rings. The molecule has 2 bridgehead atoms. The molecule has 2 aliphatic heterocycles. The minimum absolute atomic E-state index is 0.0723. The summed E-state index contributed by atoms with van der Waals surface area (Å²) >= 11 is 0. The van der Waals surface area contributed by atoms with Gasteiger partial charge in [-0.25, -0.2) is 9.37 Å². The highest BCUT2D eigenvalue weighted by molar-refractivity contribution is 5.68. The van der Waals surface area contributed by atoms with Crippen LogP contribution in [0.5, 0.6) is 11.6 Å². The summed E-state index contributed by atoms with van der Waals surface area (Å²) in [5, 5.41) is 18.7. The van der Waals surface area contributed by atoms with Gasteiger partial charge in [0.1, 0.15) is 11.9 Å². The standard InChI is InChI=1S/C21H22FN5O2/c1-26-13-3-6-17(26)21(22)19(11-13)29-20-7-5-16(24-25-20)15-4-2-14(10-18(15)28)27-9-8-23-12-27/h2,4-5,7-10,12-13,17,19,21,28H,3,6,11H2,1H3/t13?,17?,19-,21+/m0/s1. The Morgan fingerprint density at radius 3 is 2.79 bits per heavy atom. The first-order valence-electron chi connectivity index (χ1n) is 9.78. The van der Waals surface area contributed by atoms with E-state index in [9.17, 15) is 9.50 Å². The zero-order valence-electron chi connectivity index (χ0n) is 16.0. The Kier molecular flexibility index (Phi) is 4.43. The van der Waals surface area contributed by atoms with E-state index in [-0.39, 0.29) is 11.8 Å². The molecule has 1 N–H and O–H groups in total. The molecular weight excluding hydrogens is 373 g/mol. The fraction of sp³-hybridized carbons (Fsp3) is 0.381. The zero-order chi connectivity index (χ0) is 20.0. The number of halogens is 1. The van der Waals surface area contributed by atoms with E-state index >= 15 is 0 Å². The molecule has 0 saturated carbocycles. The number of imidazole rings is 1. The molecule has 2 aromatic heterocycles. The molecule has 2 aliphatic rings. The average molecular weight is 395 g/mol. The van der Waals surface area contributed by atoms with Crippen LogP contribution in [0.15, 0.2) is 49.1 Å². The number of piperidine rings is 1. The molecule has 8 heteroatoms. The number of fused-ring (bicyclic) bond motifs is 2. The van der Waals surface area contributed by atoms with Crippen molar-refractivity contribution in [3.63, 3.8) is 0 Å². The number of benzene rings is 1. The highest BCUT2D eigenvalue weighted by atomic mass is 19.1. The summed E-state index contributed by atoms with van der Waals surface area (Å²) in [5.41, 5.74) is 1.88. The molecule has 2 fully saturated rings. The molecule has 2 saturated heterocycles. The first-order chi connectivity index (χ1) is 14.1. The molecule has 29 heavy (non-hydrogen) atoms. The molecule has 0 aliphatic carbocycles. The second-order valence-corrected chi connectivity index (χ2v) is 7.73. The van der Waals surface area contributed by atoms with Gasteiger partial charge in [0, 0.05) is 48.6 Å². The SMILES string of the molecule is CN1C2CCC1[C@@H](F)[C@@H](Oc1ccc(-c3ccc(-n4ccnc4)cc3O)nn1)C2. The van der Waals surface area contributed by atoms with Crippen LogP contribution in [-0.2, 0) is 0 Å². The van der Waals surface area contributed by atoms with Gasteiger partial charge in [-0.1, -0.05) is 0 Å². The summed E-state index contributed by atoms with van der Waals surface area (Å²) in [7, 11) is 1.99. The van der Waals surface area contributed by atoms with E-state index < -0.39 is 12.3 Å². The largest absolute Gasteiger partial charge is 0.507 e. The minimum atomic E-state index is -1.03. The van der Waals surface area contributed by atoms with E-state index in [2.05, 4.69) is 20.1 Å². The number of alkyl halides is 1. The molecule has 0 spiro atoms. The summed E-state index contributed by atoms with van der Waals surface area (Å²) in [5.74, 6) is 0.398. The number of aromatic hydroxyl groups is 1. The highest BCUT2D eigenvalue weighted by Crippen LogP contribution is 2.37. The Balaban J connectivity index is 1.32. The fourth-order valence-electron chi connectivity index (χ4n) is 4.46. The Bertz CT molecular complexity index is 995. The van der Waals surface area contributed by atoms with Gasteiger partial charge in [0.15, 0.2) is 6.17 Å². The van der Waals surface area contributed by atoms with Gasteiger partial charge in [0.05, 0.1) is 17.7 Å². The van der Waals surface area contributed by atoms with Crippen molar-refractivity contribution in [2.75, 3.05) is 7.05 Å². The normalized spacial score (nSPS) is 26.6. The third-order valence-corrected chi connectivity index (χ3v) is 6.09. The van der Waals surface area contributed by atoms with Crippen LogP contribution < -0.4 is 4.74 Å². The van der Waals surface area contributed by atoms with Crippen molar-refractivity contribution < 1.29 is 14.2 Å². The Hall–Kier alpha value is -3.00. The van der Waals surface area contributed by atoms with Gasteiger partial charge >= 0.3 is 0 Å². The van der Waals surface area contributed by atoms with Crippen LogP contribution in [0.1, 0.15) is 19.3 Å². The average Bonchev–Trinajstić information content (AvgIpc) is 3.35. The van der Waals surface area contributed by atoms with E-state index in [4.69, 9.17) is 4.74 Å². The first-order valence-corrected chi connectivity index (χ1v) is 9.78. The van der Waals surface area contributed by atoms with Gasteiger partial charge in [-0.3, -0.25) is 4.90 Å². The summed E-state index contributed by atoms with van der Waals surface area (Å²) in [6.45, 7) is 0. The number of hydrogen-bond donors (Lipinski definition) is 1. The van der Waals surface area contributed by atoms with Gasteiger partial charge in [-0.05, 0) is 38.1 Å². The maximum atomic E-state index is 14.8. The van der Waals surface area contributed by atoms with Crippen molar-refractivity contribution in [2.24, 2.45) is 0 Å². The van der Waals surface area contributed by atoms with Crippen molar-refractivity contribution in [3.8, 4) is 28.6 Å². The molecule has 7 nitrogen and oxygen atoms in total. The maximum Gasteiger partial charge on any atom is 0.233 e. The van der Waals surface area contributed by atoms with E-state index in [0.29, 0.717) is 29.6 Å². The topological polar surface area (TPSA) is 76.3 Å². The van der Waals surface area contributed by atoms with Gasteiger partial charge in [-0.15, -0.1) is 10.2 Å². The predicted octanol–water partition coefficient (Wildman–Crippen LogP) is 2.99. The van der Waals surface area contributed by atoms with Crippen LogP contribution >= 0.6 is 0 Å². The van der Waals surface area contributed by atoms with Crippen molar-refractivity contribution in [2.45, 2.75) is 43.6 Å². The molecule has 1 aromatic carbocycles. The Morgan fingerprint density at radius 2 is 2.07 bits per heavy atom. The fourth-order valence-corrected chi connectivity index (χ4v) is 4.46. The quantitative estimate of drug-likeness (QED) is 0.732. The van der Waals surface area contributed by atoms with Gasteiger partial charge < -0.3 is 14.4 Å². The number of rotatable bonds is 4. The lowest BCUT2D eigenvalue weighted by Crippen LogP contribution is -2.52. The molecule has 2 unspecified atom stereocenters. The van der Waals surface area contributed by atoms with Crippen molar-refractivity contribution >= 4 is 0 Å². The Labute approximate surface area is 167 Å². The maximum absolute atomic E-state index is 14.8. The Morgan fingerprint density at radius 1 is 1.17 bits per heavy atom. The number of ether oxygens (including phenoxy) is 1. The molecule has 150 valence electrons. The van der Waals surface area contributed by atoms with Crippen molar-refractivity contribution in [3.05, 3.63) is 49.1 Å². The summed E-state index contributed by atoms with van der Waals surface area (Å²) in [6, 6.07) is 8.99. The van der Waals surface area contributed by atoms with E-state index in [0.717, 1.165) is 18.5 Å². The summed E-state index contributed by atoms with van der Waals surface area (Å²) < 4.78 is 22.4. The molecule has 4 heterocycles. The van der Waals surface area contributed by atoms with E-state index in [1.807, 2.05) is 13.1 Å². The molecule has 0 radical (unpaired) electrons. The molecule has 4 atom stereocenters. The lowest BCUT2D eigenvalue weighted by atomic mass is 9.98. The number of phenols is 1. The van der Waals surface area contributed by atoms with Crippen LogP contribution in [0.3, 0.4) is 0 Å². The van der Waals surface area contributed by atoms with E-state index in [1.165, 1.54) is 0 Å². The van der Waals surface area contributed by atoms with Crippen LogP contribution in [0, 0.1) is 0 Å². The van der Waals surface area contributed by atoms with Crippen molar-refractivity contribution in [1.82, 2.24) is 24.6 Å². The lowest BCUT2D eigenvalue weighted by molar-refractivity contribution is -0.0134. The third kappa shape index (κ3) is 3.23. The summed E-state index contributed by atoms with van der Waals surface area (Å²) in [4.78, 5) is 6.14. The smallest absolute Gasteiger partial charge is 0.233 e. The number of phenolic OH excluding ortho intramolecular Hbond substituents is 1. The van der Waals surface area contributed by atoms with Crippen LogP contribution in [0.25, 0.3) is 16.9 Å². The van der Waals surface area contributed by atoms with Gasteiger partial charge in [-0.2, -0.15) is 0 Å². The zero-order valence-corrected chi connectivity index (χ0v) is 16.0. The number of nitrogens with zero attached hydrogens (tertiary/aromatic N) is 5. The van der Waals surface area contributed by atoms with Crippen molar-refractivity contribution in [1.29, 1.82) is 0 Å². The van der Waals surface area contributed by atoms with Gasteiger partial charge in [0.2, 0.25) is 5.88 Å². The minimum Gasteiger partial charge on any atom is -0.507 e. The van der Waals surface area contributed by atoms with Crippen LogP contribution in [-0.4, -0.2) is 61.2 Å². The third-order valence-electron chi connectivity index (χ3n) is 6.09. The second-order valence-electron chi connectivity index (χ2n) is 7.73. The number of aromatic nitrogens is 4. The van der Waals surface area contributed by atoms with Gasteiger partial charge in [0.25, 0.3) is 0 Å². The molecule has 0 amide bonds. The highest BCUT2D eigenvalue weighted by Gasteiger charge is 2.47. The number of hydrogen-bond acceptors (Lipinski definition) is 6. The van der Waals surface area contributed by atoms with Crippen LogP contribution in [0.2, 0.25) is 0 Å². The second kappa shape index (κ2) is 7.11.